The van der Waals surface area contributed by atoms with Crippen LogP contribution >= 0.6 is 11.3 Å². The summed E-state index contributed by atoms with van der Waals surface area (Å²) in [7, 11) is 3.15. The largest absolute Gasteiger partial charge is 0.493 e. The highest BCUT2D eigenvalue weighted by atomic mass is 32.1. The first-order valence-corrected chi connectivity index (χ1v) is 6.72. The van der Waals surface area contributed by atoms with Crippen LogP contribution in [0.3, 0.4) is 0 Å². The van der Waals surface area contributed by atoms with E-state index in [9.17, 15) is 4.79 Å². The second-order valence-corrected chi connectivity index (χ2v) is 5.55. The molecule has 0 amide bonds. The summed E-state index contributed by atoms with van der Waals surface area (Å²) in [4.78, 5) is 14.3. The Kier molecular flexibility index (Phi) is 3.90. The molecule has 0 fully saturated rings. The van der Waals surface area contributed by atoms with Gasteiger partial charge in [0.1, 0.15) is 0 Å². The Hall–Kier alpha value is -1.81. The molecule has 0 spiro atoms. The lowest BCUT2D eigenvalue weighted by Crippen LogP contribution is -2.03. The van der Waals surface area contributed by atoms with E-state index >= 15 is 0 Å². The van der Waals surface area contributed by atoms with Crippen molar-refractivity contribution < 1.29 is 14.3 Å². The van der Waals surface area contributed by atoms with Crippen molar-refractivity contribution in [1.82, 2.24) is 0 Å². The Morgan fingerprint density at radius 3 is 2.21 bits per heavy atom. The maximum absolute atomic E-state index is 12.5. The van der Waals surface area contributed by atoms with Crippen LogP contribution in [0.5, 0.6) is 11.5 Å². The van der Waals surface area contributed by atoms with Crippen molar-refractivity contribution in [2.75, 3.05) is 14.2 Å². The smallest absolute Gasteiger partial charge is 0.203 e. The van der Waals surface area contributed by atoms with Crippen LogP contribution < -0.4 is 9.47 Å². The molecule has 0 saturated carbocycles. The molecule has 0 aliphatic rings. The number of thiophene rings is 1. The molecule has 3 nitrogen and oxygen atoms in total. The molecule has 0 radical (unpaired) electrons. The van der Waals surface area contributed by atoms with E-state index in [1.54, 1.807) is 20.3 Å². The number of hydrogen-bond donors (Lipinski definition) is 0. The molecular formula is C15H16O3S. The Labute approximate surface area is 116 Å². The molecule has 0 saturated heterocycles. The van der Waals surface area contributed by atoms with Crippen LogP contribution in [0, 0.1) is 13.8 Å². The third-order valence-electron chi connectivity index (χ3n) is 2.94. The number of hydrogen-bond acceptors (Lipinski definition) is 4. The molecule has 0 bridgehead atoms. The van der Waals surface area contributed by atoms with Gasteiger partial charge >= 0.3 is 0 Å². The second-order valence-electron chi connectivity index (χ2n) is 4.26. The Morgan fingerprint density at radius 2 is 1.68 bits per heavy atom. The van der Waals surface area contributed by atoms with Gasteiger partial charge in [0.05, 0.1) is 19.1 Å². The number of aryl methyl sites for hydroxylation is 2. The Balaban J connectivity index is 2.47. The van der Waals surface area contributed by atoms with E-state index in [0.717, 1.165) is 15.3 Å². The van der Waals surface area contributed by atoms with E-state index < -0.39 is 0 Å². The summed E-state index contributed by atoms with van der Waals surface area (Å²) in [6, 6.07) is 7.38. The number of carbonyl (C=O) groups excluding carboxylic acids is 1. The maximum Gasteiger partial charge on any atom is 0.203 e. The van der Waals surface area contributed by atoms with E-state index in [4.69, 9.17) is 9.47 Å². The van der Waals surface area contributed by atoms with E-state index in [2.05, 4.69) is 0 Å². The van der Waals surface area contributed by atoms with Crippen molar-refractivity contribution in [3.63, 3.8) is 0 Å². The summed E-state index contributed by atoms with van der Waals surface area (Å²) in [6.45, 7) is 3.89. The number of carbonyl (C=O) groups is 1. The number of ketones is 1. The van der Waals surface area contributed by atoms with Gasteiger partial charge in [-0.1, -0.05) is 0 Å². The van der Waals surface area contributed by atoms with Gasteiger partial charge in [-0.3, -0.25) is 4.79 Å². The van der Waals surface area contributed by atoms with Crippen LogP contribution in [-0.2, 0) is 0 Å². The zero-order valence-corrected chi connectivity index (χ0v) is 12.3. The van der Waals surface area contributed by atoms with Crippen LogP contribution in [0.25, 0.3) is 0 Å². The molecule has 0 aliphatic carbocycles. The predicted octanol–water partition coefficient (Wildman–Crippen LogP) is 3.61. The molecule has 2 aromatic rings. The molecule has 0 unspecified atom stereocenters. The van der Waals surface area contributed by atoms with Gasteiger partial charge in [0, 0.05) is 10.4 Å². The number of methoxy groups -OCH3 is 2. The molecule has 4 heteroatoms. The van der Waals surface area contributed by atoms with Crippen molar-refractivity contribution in [2.45, 2.75) is 13.8 Å². The molecule has 0 atom stereocenters. The molecule has 1 aromatic heterocycles. The third-order valence-corrected chi connectivity index (χ3v) is 3.94. The fraction of sp³-hybridized carbons (Fsp3) is 0.267. The standard InChI is InChI=1S/C15H16O3S/c1-9-7-12(17-3)13(18-4)8-11(9)15(16)14-6-5-10(2)19-14/h5-8H,1-4H3. The van der Waals surface area contributed by atoms with E-state index in [-0.39, 0.29) is 5.78 Å². The molecule has 2 rings (SSSR count). The molecule has 0 aliphatic heterocycles. The Bertz CT molecular complexity index is 614. The number of ether oxygens (including phenoxy) is 2. The summed E-state index contributed by atoms with van der Waals surface area (Å²) < 4.78 is 10.5. The van der Waals surface area contributed by atoms with Crippen molar-refractivity contribution in [3.8, 4) is 11.5 Å². The van der Waals surface area contributed by atoms with Crippen molar-refractivity contribution in [2.24, 2.45) is 0 Å². The lowest BCUT2D eigenvalue weighted by Gasteiger charge is -2.11. The van der Waals surface area contributed by atoms with Gasteiger partial charge in [-0.15, -0.1) is 11.3 Å². The van der Waals surface area contributed by atoms with Crippen LogP contribution in [0.2, 0.25) is 0 Å². The SMILES string of the molecule is COc1cc(C)c(C(=O)c2ccc(C)s2)cc1OC. The van der Waals surface area contributed by atoms with E-state index in [1.807, 2.05) is 32.0 Å². The fourth-order valence-corrected chi connectivity index (χ4v) is 2.74. The highest BCUT2D eigenvalue weighted by Gasteiger charge is 2.17. The molecule has 0 N–H and O–H groups in total. The average Bonchev–Trinajstić information content (AvgIpc) is 2.84. The normalized spacial score (nSPS) is 10.3. The lowest BCUT2D eigenvalue weighted by molar-refractivity contribution is 0.104. The van der Waals surface area contributed by atoms with Crippen LogP contribution in [0.4, 0.5) is 0 Å². The highest BCUT2D eigenvalue weighted by Crippen LogP contribution is 2.32. The molecule has 1 aromatic carbocycles. The first-order valence-electron chi connectivity index (χ1n) is 5.90. The minimum Gasteiger partial charge on any atom is -0.493 e. The third kappa shape index (κ3) is 2.63. The van der Waals surface area contributed by atoms with Crippen LogP contribution in [0.1, 0.15) is 25.7 Å². The first-order chi connectivity index (χ1) is 9.06. The lowest BCUT2D eigenvalue weighted by atomic mass is 10.0. The second kappa shape index (κ2) is 5.45. The van der Waals surface area contributed by atoms with Gasteiger partial charge < -0.3 is 9.47 Å². The summed E-state index contributed by atoms with van der Waals surface area (Å²) in [5, 5.41) is 0. The molecule has 19 heavy (non-hydrogen) atoms. The minimum absolute atomic E-state index is 0.0246. The monoisotopic (exact) mass is 276 g/mol. The summed E-state index contributed by atoms with van der Waals surface area (Å²) in [6.07, 6.45) is 0. The number of rotatable bonds is 4. The Morgan fingerprint density at radius 1 is 1.05 bits per heavy atom. The first kappa shape index (κ1) is 13.6. The van der Waals surface area contributed by atoms with E-state index in [0.29, 0.717) is 17.1 Å². The summed E-state index contributed by atoms with van der Waals surface area (Å²) in [5.74, 6) is 1.24. The van der Waals surface area contributed by atoms with Gasteiger partial charge in [0.15, 0.2) is 11.5 Å². The van der Waals surface area contributed by atoms with Gasteiger partial charge in [0.2, 0.25) is 5.78 Å². The summed E-state index contributed by atoms with van der Waals surface area (Å²) in [5.41, 5.74) is 1.54. The minimum atomic E-state index is 0.0246. The van der Waals surface area contributed by atoms with E-state index in [1.165, 1.54) is 11.3 Å². The van der Waals surface area contributed by atoms with Crippen molar-refractivity contribution in [3.05, 3.63) is 45.1 Å². The topological polar surface area (TPSA) is 35.5 Å². The fourth-order valence-electron chi connectivity index (χ4n) is 1.91. The van der Waals surface area contributed by atoms with Crippen LogP contribution in [0.15, 0.2) is 24.3 Å². The molecular weight excluding hydrogens is 260 g/mol. The quantitative estimate of drug-likeness (QED) is 0.800. The van der Waals surface area contributed by atoms with Crippen LogP contribution in [-0.4, -0.2) is 20.0 Å². The average molecular weight is 276 g/mol. The van der Waals surface area contributed by atoms with Gasteiger partial charge in [-0.2, -0.15) is 0 Å². The van der Waals surface area contributed by atoms with Gasteiger partial charge in [-0.25, -0.2) is 0 Å². The van der Waals surface area contributed by atoms with Crippen molar-refractivity contribution >= 4 is 17.1 Å². The zero-order valence-electron chi connectivity index (χ0n) is 11.4. The van der Waals surface area contributed by atoms with Gasteiger partial charge in [-0.05, 0) is 43.7 Å². The highest BCUT2D eigenvalue weighted by molar-refractivity contribution is 7.14. The molecule has 1 heterocycles. The predicted molar refractivity (Wildman–Crippen MR) is 76.8 cm³/mol. The van der Waals surface area contributed by atoms with Crippen molar-refractivity contribution in [1.29, 1.82) is 0 Å². The zero-order chi connectivity index (χ0) is 14.0. The summed E-state index contributed by atoms with van der Waals surface area (Å²) >= 11 is 1.50. The number of benzene rings is 1. The molecule has 100 valence electrons. The maximum atomic E-state index is 12.5. The van der Waals surface area contributed by atoms with Gasteiger partial charge in [0.25, 0.3) is 0 Å².